The summed E-state index contributed by atoms with van der Waals surface area (Å²) in [6.07, 6.45) is 4.61. The van der Waals surface area contributed by atoms with Crippen molar-refractivity contribution >= 4 is 5.82 Å². The zero-order chi connectivity index (χ0) is 11.7. The topological polar surface area (TPSA) is 29.9 Å². The summed E-state index contributed by atoms with van der Waals surface area (Å²) in [5.41, 5.74) is 2.59. The molecule has 0 fully saturated rings. The summed E-state index contributed by atoms with van der Waals surface area (Å²) in [6.45, 7) is 8.89. The van der Waals surface area contributed by atoms with Crippen LogP contribution >= 0.6 is 0 Å². The lowest BCUT2D eigenvalue weighted by Crippen LogP contribution is -2.31. The average Bonchev–Trinajstić information content (AvgIpc) is 2.65. The normalized spacial score (nSPS) is 24.0. The molecule has 2 rings (SSSR count). The van der Waals surface area contributed by atoms with Crippen molar-refractivity contribution in [2.45, 2.75) is 65.5 Å². The Labute approximate surface area is 98.2 Å². The van der Waals surface area contributed by atoms with Crippen LogP contribution in [-0.2, 0) is 6.42 Å². The highest BCUT2D eigenvalue weighted by molar-refractivity contribution is 5.49. The van der Waals surface area contributed by atoms with Gasteiger partial charge >= 0.3 is 0 Å². The van der Waals surface area contributed by atoms with Gasteiger partial charge in [0, 0.05) is 11.6 Å². The van der Waals surface area contributed by atoms with Gasteiger partial charge in [-0.15, -0.1) is 0 Å². The van der Waals surface area contributed by atoms with Crippen molar-refractivity contribution in [3.63, 3.8) is 0 Å². The van der Waals surface area contributed by atoms with Gasteiger partial charge in [0.1, 0.15) is 5.82 Å². The molecule has 0 saturated carbocycles. The highest BCUT2D eigenvalue weighted by atomic mass is 15.4. The zero-order valence-corrected chi connectivity index (χ0v) is 10.9. The van der Waals surface area contributed by atoms with E-state index in [1.54, 1.807) is 0 Å². The van der Waals surface area contributed by atoms with Crippen LogP contribution in [0, 0.1) is 6.92 Å². The fraction of sp³-hybridized carbons (Fsp3) is 0.769. The first-order valence-electron chi connectivity index (χ1n) is 6.55. The molecule has 1 aliphatic heterocycles. The van der Waals surface area contributed by atoms with E-state index < -0.39 is 0 Å². The maximum absolute atomic E-state index is 4.74. The quantitative estimate of drug-likeness (QED) is 0.848. The molecule has 0 bridgehead atoms. The van der Waals surface area contributed by atoms with Crippen molar-refractivity contribution < 1.29 is 0 Å². The SMILES string of the molecule is CCc1nn2c(c1C)NC(CC)CC2CC. The van der Waals surface area contributed by atoms with E-state index in [1.165, 1.54) is 36.3 Å². The average molecular weight is 221 g/mol. The number of nitrogens with zero attached hydrogens (tertiary/aromatic N) is 2. The number of anilines is 1. The standard InChI is InChI=1S/C13H23N3/c1-5-10-8-11(6-2)16-13(14-10)9(4)12(7-3)15-16/h10-11,14H,5-8H2,1-4H3. The summed E-state index contributed by atoms with van der Waals surface area (Å²) < 4.78 is 2.22. The summed E-state index contributed by atoms with van der Waals surface area (Å²) in [5.74, 6) is 1.27. The summed E-state index contributed by atoms with van der Waals surface area (Å²) >= 11 is 0. The molecule has 1 N–H and O–H groups in total. The molecule has 1 aliphatic rings. The monoisotopic (exact) mass is 221 g/mol. The molecule has 2 heterocycles. The first-order chi connectivity index (χ1) is 7.71. The molecular formula is C13H23N3. The fourth-order valence-electron chi connectivity index (χ4n) is 2.63. The molecule has 2 unspecified atom stereocenters. The number of aromatic nitrogens is 2. The second kappa shape index (κ2) is 4.48. The van der Waals surface area contributed by atoms with Crippen LogP contribution in [0.1, 0.15) is 57.3 Å². The lowest BCUT2D eigenvalue weighted by Gasteiger charge is -2.31. The molecule has 90 valence electrons. The lowest BCUT2D eigenvalue weighted by atomic mass is 10.00. The Hall–Kier alpha value is -0.990. The Kier molecular flexibility index (Phi) is 3.22. The molecule has 0 saturated heterocycles. The second-order valence-electron chi connectivity index (χ2n) is 4.77. The van der Waals surface area contributed by atoms with Gasteiger partial charge in [0.05, 0.1) is 11.7 Å². The van der Waals surface area contributed by atoms with Crippen molar-refractivity contribution in [3.05, 3.63) is 11.3 Å². The minimum atomic E-state index is 0.584. The van der Waals surface area contributed by atoms with Crippen molar-refractivity contribution in [2.75, 3.05) is 5.32 Å². The van der Waals surface area contributed by atoms with Crippen molar-refractivity contribution in [2.24, 2.45) is 0 Å². The van der Waals surface area contributed by atoms with Gasteiger partial charge in [-0.3, -0.25) is 0 Å². The number of rotatable bonds is 3. The molecule has 3 heteroatoms. The number of hydrogen-bond acceptors (Lipinski definition) is 2. The van der Waals surface area contributed by atoms with Crippen LogP contribution < -0.4 is 5.32 Å². The maximum atomic E-state index is 4.74. The molecule has 1 aromatic heterocycles. The fourth-order valence-corrected chi connectivity index (χ4v) is 2.63. The van der Waals surface area contributed by atoms with E-state index in [2.05, 4.69) is 37.7 Å². The van der Waals surface area contributed by atoms with E-state index in [9.17, 15) is 0 Å². The predicted octanol–water partition coefficient (Wildman–Crippen LogP) is 3.30. The highest BCUT2D eigenvalue weighted by Crippen LogP contribution is 2.33. The smallest absolute Gasteiger partial charge is 0.128 e. The number of hydrogen-bond donors (Lipinski definition) is 1. The summed E-state index contributed by atoms with van der Waals surface area (Å²) in [5, 5.41) is 8.38. The number of fused-ring (bicyclic) bond motifs is 1. The van der Waals surface area contributed by atoms with E-state index in [0.717, 1.165) is 6.42 Å². The van der Waals surface area contributed by atoms with Crippen LogP contribution in [0.5, 0.6) is 0 Å². The summed E-state index contributed by atoms with van der Waals surface area (Å²) in [6, 6.07) is 1.21. The summed E-state index contributed by atoms with van der Waals surface area (Å²) in [4.78, 5) is 0. The number of nitrogens with one attached hydrogen (secondary N) is 1. The van der Waals surface area contributed by atoms with Gasteiger partial charge in [0.2, 0.25) is 0 Å². The third-order valence-corrected chi connectivity index (χ3v) is 3.79. The highest BCUT2D eigenvalue weighted by Gasteiger charge is 2.27. The second-order valence-corrected chi connectivity index (χ2v) is 4.77. The van der Waals surface area contributed by atoms with Crippen LogP contribution in [0.4, 0.5) is 5.82 Å². The Balaban J connectivity index is 2.40. The van der Waals surface area contributed by atoms with Crippen LogP contribution in [0.25, 0.3) is 0 Å². The van der Waals surface area contributed by atoms with Gasteiger partial charge < -0.3 is 5.32 Å². The maximum Gasteiger partial charge on any atom is 0.128 e. The Bertz CT molecular complexity index is 367. The Morgan fingerprint density at radius 2 is 2.06 bits per heavy atom. The van der Waals surface area contributed by atoms with Gasteiger partial charge in [-0.2, -0.15) is 5.10 Å². The van der Waals surface area contributed by atoms with Gasteiger partial charge in [-0.05, 0) is 32.6 Å². The minimum Gasteiger partial charge on any atom is -0.367 e. The molecule has 2 atom stereocenters. The first-order valence-corrected chi connectivity index (χ1v) is 6.55. The van der Waals surface area contributed by atoms with Crippen LogP contribution in [0.3, 0.4) is 0 Å². The van der Waals surface area contributed by atoms with Gasteiger partial charge in [-0.25, -0.2) is 4.68 Å². The molecule has 0 aromatic carbocycles. The summed E-state index contributed by atoms with van der Waals surface area (Å²) in [7, 11) is 0. The van der Waals surface area contributed by atoms with Crippen molar-refractivity contribution in [1.82, 2.24) is 9.78 Å². The third-order valence-electron chi connectivity index (χ3n) is 3.79. The Morgan fingerprint density at radius 1 is 1.31 bits per heavy atom. The van der Waals surface area contributed by atoms with E-state index in [0.29, 0.717) is 12.1 Å². The molecule has 0 aliphatic carbocycles. The van der Waals surface area contributed by atoms with E-state index in [4.69, 9.17) is 5.10 Å². The van der Waals surface area contributed by atoms with E-state index in [-0.39, 0.29) is 0 Å². The van der Waals surface area contributed by atoms with Crippen molar-refractivity contribution in [3.8, 4) is 0 Å². The molecule has 0 radical (unpaired) electrons. The molecule has 0 spiro atoms. The molecular weight excluding hydrogens is 198 g/mol. The molecule has 1 aromatic rings. The predicted molar refractivity (Wildman–Crippen MR) is 68.0 cm³/mol. The van der Waals surface area contributed by atoms with Gasteiger partial charge in [0.25, 0.3) is 0 Å². The third kappa shape index (κ3) is 1.72. The first kappa shape index (κ1) is 11.5. The number of aryl methyl sites for hydroxylation is 1. The van der Waals surface area contributed by atoms with Crippen LogP contribution in [-0.4, -0.2) is 15.8 Å². The van der Waals surface area contributed by atoms with E-state index >= 15 is 0 Å². The lowest BCUT2D eigenvalue weighted by molar-refractivity contribution is 0.361. The van der Waals surface area contributed by atoms with Crippen LogP contribution in [0.2, 0.25) is 0 Å². The molecule has 0 amide bonds. The van der Waals surface area contributed by atoms with Crippen LogP contribution in [0.15, 0.2) is 0 Å². The minimum absolute atomic E-state index is 0.584. The largest absolute Gasteiger partial charge is 0.367 e. The molecule has 3 nitrogen and oxygen atoms in total. The van der Waals surface area contributed by atoms with Gasteiger partial charge in [-0.1, -0.05) is 20.8 Å². The Morgan fingerprint density at radius 3 is 2.62 bits per heavy atom. The van der Waals surface area contributed by atoms with E-state index in [1.807, 2.05) is 0 Å². The van der Waals surface area contributed by atoms with Gasteiger partial charge in [0.15, 0.2) is 0 Å². The zero-order valence-electron chi connectivity index (χ0n) is 10.9. The molecule has 16 heavy (non-hydrogen) atoms. The van der Waals surface area contributed by atoms with Crippen molar-refractivity contribution in [1.29, 1.82) is 0 Å².